The van der Waals surface area contributed by atoms with Gasteiger partial charge in [0.2, 0.25) is 0 Å². The van der Waals surface area contributed by atoms with E-state index in [1.54, 1.807) is 26.1 Å². The smallest absolute Gasteiger partial charge is 0.266 e. The maximum Gasteiger partial charge on any atom is 0.266 e. The Bertz CT molecular complexity index is 658. The largest absolute Gasteiger partial charge is 0.493 e. The molecule has 1 amide bonds. The molecule has 0 atom stereocenters. The van der Waals surface area contributed by atoms with E-state index in [1.165, 1.54) is 11.8 Å². The number of methoxy groups -OCH3 is 1. The Morgan fingerprint density at radius 3 is 2.73 bits per heavy atom. The topological polar surface area (TPSA) is 51.1 Å². The van der Waals surface area contributed by atoms with Crippen molar-refractivity contribution >= 4 is 51.5 Å². The first-order valence-corrected chi connectivity index (χ1v) is 8.56. The van der Waals surface area contributed by atoms with E-state index in [0.29, 0.717) is 22.4 Å². The van der Waals surface area contributed by atoms with Gasteiger partial charge >= 0.3 is 0 Å². The molecule has 0 N–H and O–H groups in total. The number of amidine groups is 1. The second-order valence-corrected chi connectivity index (χ2v) is 6.62. The van der Waals surface area contributed by atoms with Crippen LogP contribution in [-0.4, -0.2) is 43.8 Å². The van der Waals surface area contributed by atoms with E-state index < -0.39 is 0 Å². The van der Waals surface area contributed by atoms with Gasteiger partial charge in [0.25, 0.3) is 5.91 Å². The van der Waals surface area contributed by atoms with Crippen LogP contribution in [0.3, 0.4) is 0 Å². The molecule has 0 aromatic heterocycles. The van der Waals surface area contributed by atoms with Crippen molar-refractivity contribution in [2.24, 2.45) is 4.99 Å². The molecule has 1 aromatic rings. The minimum atomic E-state index is -0.0477. The monoisotopic (exact) mass is 432 g/mol. The molecule has 7 heteroatoms. The summed E-state index contributed by atoms with van der Waals surface area (Å²) in [5.74, 6) is 1.34. The van der Waals surface area contributed by atoms with Crippen LogP contribution >= 0.6 is 34.4 Å². The number of carbonyl (C=O) groups excluding carboxylic acids is 1. The summed E-state index contributed by atoms with van der Waals surface area (Å²) in [7, 11) is 5.01. The highest BCUT2D eigenvalue weighted by Crippen LogP contribution is 2.36. The van der Waals surface area contributed by atoms with E-state index >= 15 is 0 Å². The lowest BCUT2D eigenvalue weighted by atomic mass is 10.2. The Labute approximate surface area is 147 Å². The number of halogens is 1. The number of aliphatic imine (C=N–C) groups is 1. The van der Waals surface area contributed by atoms with Crippen LogP contribution in [-0.2, 0) is 4.79 Å². The summed E-state index contributed by atoms with van der Waals surface area (Å²) < 4.78 is 11.9. The Morgan fingerprint density at radius 1 is 1.45 bits per heavy atom. The molecule has 0 unspecified atom stereocenters. The number of carbonyl (C=O) groups is 1. The molecule has 5 nitrogen and oxygen atoms in total. The van der Waals surface area contributed by atoms with Crippen LogP contribution in [0.5, 0.6) is 11.5 Å². The van der Waals surface area contributed by atoms with E-state index in [4.69, 9.17) is 9.47 Å². The van der Waals surface area contributed by atoms with Crippen molar-refractivity contribution in [2.75, 3.05) is 27.8 Å². The summed E-state index contributed by atoms with van der Waals surface area (Å²) in [5, 5.41) is 0.698. The van der Waals surface area contributed by atoms with E-state index in [0.717, 1.165) is 14.9 Å². The Balaban J connectivity index is 2.40. The first-order valence-electron chi connectivity index (χ1n) is 6.66. The fourth-order valence-electron chi connectivity index (χ4n) is 2.01. The van der Waals surface area contributed by atoms with Crippen LogP contribution in [0.1, 0.15) is 12.5 Å². The lowest BCUT2D eigenvalue weighted by Gasteiger charge is -2.12. The van der Waals surface area contributed by atoms with Crippen molar-refractivity contribution in [1.82, 2.24) is 4.90 Å². The van der Waals surface area contributed by atoms with E-state index in [1.807, 2.05) is 25.1 Å². The normalized spacial score (nSPS) is 18.4. The third-order valence-corrected chi connectivity index (χ3v) is 4.99. The number of nitrogens with zero attached hydrogens (tertiary/aromatic N) is 2. The van der Waals surface area contributed by atoms with Gasteiger partial charge in [-0.25, -0.2) is 0 Å². The molecule has 1 aromatic carbocycles. The maximum atomic E-state index is 12.2. The van der Waals surface area contributed by atoms with Crippen LogP contribution < -0.4 is 9.47 Å². The van der Waals surface area contributed by atoms with Crippen molar-refractivity contribution in [1.29, 1.82) is 0 Å². The number of benzene rings is 1. The number of likely N-dealkylation sites (N-methyl/N-ethyl adjacent to an activating group) is 1. The average Bonchev–Trinajstić information content (AvgIpc) is 2.77. The van der Waals surface area contributed by atoms with Crippen molar-refractivity contribution in [3.63, 3.8) is 0 Å². The van der Waals surface area contributed by atoms with Gasteiger partial charge in [0, 0.05) is 14.1 Å². The Kier molecular flexibility index (Phi) is 5.74. The number of amides is 1. The summed E-state index contributed by atoms with van der Waals surface area (Å²) in [5.41, 5.74) is 0.895. The number of hydrogen-bond acceptors (Lipinski definition) is 5. The van der Waals surface area contributed by atoms with Crippen molar-refractivity contribution in [3.05, 3.63) is 26.2 Å². The summed E-state index contributed by atoms with van der Waals surface area (Å²) >= 11 is 3.57. The highest BCUT2D eigenvalue weighted by atomic mass is 127. The van der Waals surface area contributed by atoms with E-state index in [2.05, 4.69) is 27.6 Å². The Hall–Kier alpha value is -1.22. The highest BCUT2D eigenvalue weighted by Gasteiger charge is 2.29. The zero-order valence-electron chi connectivity index (χ0n) is 12.8. The molecular weight excluding hydrogens is 415 g/mol. The van der Waals surface area contributed by atoms with Crippen LogP contribution in [0, 0.1) is 3.57 Å². The fraction of sp³-hybridized carbons (Fsp3) is 0.333. The lowest BCUT2D eigenvalue weighted by Crippen LogP contribution is -2.23. The van der Waals surface area contributed by atoms with Gasteiger partial charge in [-0.15, -0.1) is 0 Å². The van der Waals surface area contributed by atoms with Gasteiger partial charge in [-0.05, 0) is 65.0 Å². The first kappa shape index (κ1) is 17.1. The van der Waals surface area contributed by atoms with Gasteiger partial charge in [0.05, 0.1) is 22.2 Å². The molecule has 1 aliphatic rings. The third-order valence-electron chi connectivity index (χ3n) is 3.03. The molecule has 118 valence electrons. The zero-order valence-corrected chi connectivity index (χ0v) is 15.8. The predicted molar refractivity (Wildman–Crippen MR) is 98.6 cm³/mol. The summed E-state index contributed by atoms with van der Waals surface area (Å²) in [6.07, 6.45) is 1.85. The summed E-state index contributed by atoms with van der Waals surface area (Å²) in [4.78, 5) is 18.5. The molecule has 1 aliphatic heterocycles. The minimum Gasteiger partial charge on any atom is -0.493 e. The third kappa shape index (κ3) is 3.40. The standard InChI is InChI=1S/C15H17IN2O3S/c1-5-21-13-10(16)6-9(7-11(13)20-4)8-12-14(19)18(3)15(17-2)22-12/h6-8H,5H2,1-4H3/b12-8-,17-15?. The molecule has 1 heterocycles. The van der Waals surface area contributed by atoms with Crippen LogP contribution in [0.25, 0.3) is 6.08 Å². The molecule has 0 bridgehead atoms. The van der Waals surface area contributed by atoms with Gasteiger partial charge in [-0.1, -0.05) is 0 Å². The van der Waals surface area contributed by atoms with Crippen LogP contribution in [0.2, 0.25) is 0 Å². The number of rotatable bonds is 4. The van der Waals surface area contributed by atoms with Crippen molar-refractivity contribution in [2.45, 2.75) is 6.92 Å². The van der Waals surface area contributed by atoms with Gasteiger partial charge < -0.3 is 9.47 Å². The summed E-state index contributed by atoms with van der Waals surface area (Å²) in [6.45, 7) is 2.50. The van der Waals surface area contributed by atoms with Crippen LogP contribution in [0.15, 0.2) is 22.0 Å². The van der Waals surface area contributed by atoms with Gasteiger partial charge in [-0.3, -0.25) is 14.7 Å². The molecule has 1 fully saturated rings. The van der Waals surface area contributed by atoms with Crippen molar-refractivity contribution in [3.8, 4) is 11.5 Å². The molecular formula is C15H17IN2O3S. The SMILES string of the molecule is CCOc1c(I)cc(/C=C2\SC(=NC)N(C)C2=O)cc1OC. The first-order chi connectivity index (χ1) is 10.5. The maximum absolute atomic E-state index is 12.2. The number of thioether (sulfide) groups is 1. The average molecular weight is 432 g/mol. The second-order valence-electron chi connectivity index (χ2n) is 4.45. The zero-order chi connectivity index (χ0) is 16.3. The highest BCUT2D eigenvalue weighted by molar-refractivity contribution is 14.1. The van der Waals surface area contributed by atoms with Gasteiger partial charge in [0.1, 0.15) is 0 Å². The number of hydrogen-bond donors (Lipinski definition) is 0. The summed E-state index contributed by atoms with van der Waals surface area (Å²) in [6, 6.07) is 3.84. The van der Waals surface area contributed by atoms with E-state index in [-0.39, 0.29) is 5.91 Å². The predicted octanol–water partition coefficient (Wildman–Crippen LogP) is 3.23. The quantitative estimate of drug-likeness (QED) is 0.542. The van der Waals surface area contributed by atoms with Crippen LogP contribution in [0.4, 0.5) is 0 Å². The number of ether oxygens (including phenoxy) is 2. The van der Waals surface area contributed by atoms with Gasteiger partial charge in [0.15, 0.2) is 16.7 Å². The second kappa shape index (κ2) is 7.36. The van der Waals surface area contributed by atoms with Crippen molar-refractivity contribution < 1.29 is 14.3 Å². The molecule has 1 saturated heterocycles. The Morgan fingerprint density at radius 2 is 2.18 bits per heavy atom. The van der Waals surface area contributed by atoms with Gasteiger partial charge in [-0.2, -0.15) is 0 Å². The fourth-order valence-corrected chi connectivity index (χ4v) is 3.72. The van der Waals surface area contributed by atoms with E-state index in [9.17, 15) is 4.79 Å². The minimum absolute atomic E-state index is 0.0477. The molecule has 22 heavy (non-hydrogen) atoms. The molecule has 0 saturated carbocycles. The lowest BCUT2D eigenvalue weighted by molar-refractivity contribution is -0.121. The molecule has 0 spiro atoms. The molecule has 0 radical (unpaired) electrons. The molecule has 2 rings (SSSR count). The molecule has 0 aliphatic carbocycles.